The predicted molar refractivity (Wildman–Crippen MR) is 79.4 cm³/mol. The molecule has 1 aromatic heterocycles. The molecule has 1 fully saturated rings. The van der Waals surface area contributed by atoms with Gasteiger partial charge in [0.2, 0.25) is 0 Å². The van der Waals surface area contributed by atoms with Crippen LogP contribution in [0, 0.1) is 11.8 Å². The van der Waals surface area contributed by atoms with Gasteiger partial charge in [0.1, 0.15) is 0 Å². The van der Waals surface area contributed by atoms with Gasteiger partial charge in [-0.15, -0.1) is 0 Å². The van der Waals surface area contributed by atoms with E-state index in [1.54, 1.807) is 0 Å². The van der Waals surface area contributed by atoms with E-state index in [9.17, 15) is 0 Å². The summed E-state index contributed by atoms with van der Waals surface area (Å²) in [7, 11) is 0. The number of hydrogen-bond acceptors (Lipinski definition) is 3. The number of nitrogens with zero attached hydrogens (tertiary/aromatic N) is 1. The minimum atomic E-state index is 0.281. The Hall–Kier alpha value is -0.930. The van der Waals surface area contributed by atoms with Gasteiger partial charge in [0.05, 0.1) is 0 Å². The maximum Gasteiger partial charge on any atom is 0.0494 e. The molecule has 19 heavy (non-hydrogen) atoms. The number of aromatic nitrogens is 1. The van der Waals surface area contributed by atoms with Crippen molar-refractivity contribution in [3.05, 3.63) is 29.6 Å². The van der Waals surface area contributed by atoms with Crippen LogP contribution in [0.25, 0.3) is 0 Å². The zero-order valence-electron chi connectivity index (χ0n) is 12.2. The van der Waals surface area contributed by atoms with Crippen molar-refractivity contribution in [2.75, 3.05) is 0 Å². The molecule has 1 aliphatic rings. The first-order valence-electron chi connectivity index (χ1n) is 7.70. The number of nitrogens with one attached hydrogen (secondary N) is 1. The Morgan fingerprint density at radius 1 is 1.37 bits per heavy atom. The average Bonchev–Trinajstić information content (AvgIpc) is 2.49. The van der Waals surface area contributed by atoms with Crippen molar-refractivity contribution in [1.29, 1.82) is 0 Å². The summed E-state index contributed by atoms with van der Waals surface area (Å²) in [6.07, 6.45) is 11.5. The summed E-state index contributed by atoms with van der Waals surface area (Å²) in [6, 6.07) is 2.42. The van der Waals surface area contributed by atoms with E-state index in [0.717, 1.165) is 12.3 Å². The smallest absolute Gasteiger partial charge is 0.0494 e. The molecule has 1 heterocycles. The van der Waals surface area contributed by atoms with Crippen LogP contribution in [-0.2, 0) is 6.42 Å². The molecule has 3 N–H and O–H groups in total. The molecule has 1 aromatic rings. The number of pyridine rings is 1. The average molecular weight is 261 g/mol. The highest BCUT2D eigenvalue weighted by atomic mass is 15.2. The van der Waals surface area contributed by atoms with E-state index >= 15 is 0 Å². The van der Waals surface area contributed by atoms with E-state index in [0.29, 0.717) is 5.92 Å². The molecule has 0 bridgehead atoms. The molecular weight excluding hydrogens is 234 g/mol. The van der Waals surface area contributed by atoms with Crippen LogP contribution in [0.3, 0.4) is 0 Å². The van der Waals surface area contributed by atoms with Crippen molar-refractivity contribution in [3.8, 4) is 0 Å². The quantitative estimate of drug-likeness (QED) is 0.631. The van der Waals surface area contributed by atoms with Gasteiger partial charge in [-0.3, -0.25) is 16.3 Å². The van der Waals surface area contributed by atoms with E-state index in [4.69, 9.17) is 5.84 Å². The summed E-state index contributed by atoms with van der Waals surface area (Å²) in [6.45, 7) is 4.50. The fourth-order valence-electron chi connectivity index (χ4n) is 3.66. The number of hydrazine groups is 1. The third kappa shape index (κ3) is 3.15. The van der Waals surface area contributed by atoms with Crippen LogP contribution >= 0.6 is 0 Å². The normalized spacial score (nSPS) is 25.2. The molecule has 0 saturated heterocycles. The van der Waals surface area contributed by atoms with Crippen LogP contribution in [-0.4, -0.2) is 4.98 Å². The van der Waals surface area contributed by atoms with Gasteiger partial charge in [0.25, 0.3) is 0 Å². The first kappa shape index (κ1) is 14.5. The van der Waals surface area contributed by atoms with Gasteiger partial charge < -0.3 is 0 Å². The highest BCUT2D eigenvalue weighted by Gasteiger charge is 2.31. The lowest BCUT2D eigenvalue weighted by Crippen LogP contribution is -2.38. The Bertz CT molecular complexity index is 391. The molecule has 3 heteroatoms. The van der Waals surface area contributed by atoms with Crippen LogP contribution in [0.5, 0.6) is 0 Å². The SMILES string of the molecule is CCc1cnccc1C(NN)C1CCCCC1CC. The van der Waals surface area contributed by atoms with Gasteiger partial charge in [-0.05, 0) is 41.9 Å². The molecule has 2 rings (SSSR count). The third-order valence-corrected chi connectivity index (χ3v) is 4.76. The molecule has 0 spiro atoms. The van der Waals surface area contributed by atoms with Crippen LogP contribution in [0.2, 0.25) is 0 Å². The lowest BCUT2D eigenvalue weighted by Gasteiger charge is -2.37. The molecule has 0 amide bonds. The first-order valence-corrected chi connectivity index (χ1v) is 7.70. The zero-order chi connectivity index (χ0) is 13.7. The van der Waals surface area contributed by atoms with Crippen LogP contribution in [0.15, 0.2) is 18.5 Å². The fourth-order valence-corrected chi connectivity index (χ4v) is 3.66. The minimum Gasteiger partial charge on any atom is -0.271 e. The van der Waals surface area contributed by atoms with Gasteiger partial charge in [-0.1, -0.05) is 39.5 Å². The molecule has 1 aliphatic carbocycles. The standard InChI is InChI=1S/C16H27N3/c1-3-12-7-5-6-8-14(12)16(19-17)15-9-10-18-11-13(15)4-2/h9-12,14,16,19H,3-8,17H2,1-2H3. The molecule has 0 aliphatic heterocycles. The van der Waals surface area contributed by atoms with Gasteiger partial charge in [-0.2, -0.15) is 0 Å². The number of aryl methyl sites for hydroxylation is 1. The minimum absolute atomic E-state index is 0.281. The fraction of sp³-hybridized carbons (Fsp3) is 0.688. The molecule has 1 saturated carbocycles. The van der Waals surface area contributed by atoms with Crippen molar-refractivity contribution >= 4 is 0 Å². The lowest BCUT2D eigenvalue weighted by atomic mass is 9.72. The summed E-state index contributed by atoms with van der Waals surface area (Å²) in [5.41, 5.74) is 5.78. The highest BCUT2D eigenvalue weighted by Crippen LogP contribution is 2.40. The summed E-state index contributed by atoms with van der Waals surface area (Å²) >= 11 is 0. The zero-order valence-corrected chi connectivity index (χ0v) is 12.2. The molecule has 0 radical (unpaired) electrons. The second-order valence-electron chi connectivity index (χ2n) is 5.69. The molecule has 0 aromatic carbocycles. The Morgan fingerprint density at radius 3 is 2.84 bits per heavy atom. The summed E-state index contributed by atoms with van der Waals surface area (Å²) in [4.78, 5) is 4.25. The first-order chi connectivity index (χ1) is 9.31. The maximum atomic E-state index is 5.91. The number of rotatable bonds is 5. The Kier molecular flexibility index (Phi) is 5.34. The molecular formula is C16H27N3. The van der Waals surface area contributed by atoms with Crippen LogP contribution in [0.1, 0.15) is 63.1 Å². The Morgan fingerprint density at radius 2 is 2.16 bits per heavy atom. The summed E-state index contributed by atoms with van der Waals surface area (Å²) in [5, 5.41) is 0. The summed E-state index contributed by atoms with van der Waals surface area (Å²) in [5.74, 6) is 7.37. The van der Waals surface area contributed by atoms with E-state index in [2.05, 4.69) is 30.3 Å². The van der Waals surface area contributed by atoms with Crippen molar-refractivity contribution in [3.63, 3.8) is 0 Å². The second-order valence-corrected chi connectivity index (χ2v) is 5.69. The number of hydrogen-bond donors (Lipinski definition) is 2. The molecule has 106 valence electrons. The Balaban J connectivity index is 2.27. The Labute approximate surface area is 117 Å². The van der Waals surface area contributed by atoms with Gasteiger partial charge in [0, 0.05) is 18.4 Å². The van der Waals surface area contributed by atoms with E-state index < -0.39 is 0 Å². The van der Waals surface area contributed by atoms with Crippen molar-refractivity contribution in [1.82, 2.24) is 10.4 Å². The van der Waals surface area contributed by atoms with E-state index in [-0.39, 0.29) is 6.04 Å². The summed E-state index contributed by atoms with van der Waals surface area (Å²) < 4.78 is 0. The maximum absolute atomic E-state index is 5.91. The van der Waals surface area contributed by atoms with Gasteiger partial charge in [-0.25, -0.2) is 0 Å². The second kappa shape index (κ2) is 7.01. The molecule has 3 unspecified atom stereocenters. The largest absolute Gasteiger partial charge is 0.271 e. The molecule has 3 atom stereocenters. The topological polar surface area (TPSA) is 50.9 Å². The van der Waals surface area contributed by atoms with Crippen molar-refractivity contribution in [2.24, 2.45) is 17.7 Å². The van der Waals surface area contributed by atoms with Gasteiger partial charge >= 0.3 is 0 Å². The monoisotopic (exact) mass is 261 g/mol. The molecule has 3 nitrogen and oxygen atoms in total. The van der Waals surface area contributed by atoms with E-state index in [1.165, 1.54) is 43.2 Å². The lowest BCUT2D eigenvalue weighted by molar-refractivity contribution is 0.175. The van der Waals surface area contributed by atoms with Crippen LogP contribution < -0.4 is 11.3 Å². The third-order valence-electron chi connectivity index (χ3n) is 4.76. The van der Waals surface area contributed by atoms with Gasteiger partial charge in [0.15, 0.2) is 0 Å². The predicted octanol–water partition coefficient (Wildman–Crippen LogP) is 3.36. The van der Waals surface area contributed by atoms with E-state index in [1.807, 2.05) is 12.4 Å². The highest BCUT2D eigenvalue weighted by molar-refractivity contribution is 5.27. The number of nitrogens with two attached hydrogens (primary N) is 1. The van der Waals surface area contributed by atoms with Crippen molar-refractivity contribution in [2.45, 2.75) is 58.4 Å². The van der Waals surface area contributed by atoms with Crippen LogP contribution in [0.4, 0.5) is 0 Å². The van der Waals surface area contributed by atoms with Crippen molar-refractivity contribution < 1.29 is 0 Å².